The smallest absolute Gasteiger partial charge is 0.228 e. The molecule has 0 aromatic heterocycles. The van der Waals surface area contributed by atoms with Crippen LogP contribution in [-0.4, -0.2) is 17.9 Å². The van der Waals surface area contributed by atoms with Crippen molar-refractivity contribution in [3.8, 4) is 0 Å². The number of amides is 1. The second kappa shape index (κ2) is 3.58. The average molecular weight is 221 g/mol. The van der Waals surface area contributed by atoms with Crippen molar-refractivity contribution in [1.29, 1.82) is 0 Å². The van der Waals surface area contributed by atoms with Crippen molar-refractivity contribution < 1.29 is 9.18 Å². The minimum absolute atomic E-state index is 0.0723. The number of benzene rings is 1. The van der Waals surface area contributed by atoms with Gasteiger partial charge in [0.25, 0.3) is 0 Å². The molecule has 0 saturated carbocycles. The van der Waals surface area contributed by atoms with Gasteiger partial charge in [-0.3, -0.25) is 4.79 Å². The first kappa shape index (κ1) is 11.1. The van der Waals surface area contributed by atoms with Crippen molar-refractivity contribution in [2.45, 2.75) is 26.3 Å². The molecule has 0 bridgehead atoms. The molecule has 1 aliphatic rings. The Hall–Kier alpha value is -1.38. The topological polar surface area (TPSA) is 20.3 Å². The Morgan fingerprint density at radius 3 is 2.31 bits per heavy atom. The maximum atomic E-state index is 12.8. The highest BCUT2D eigenvalue weighted by molar-refractivity contribution is 5.84. The Bertz CT molecular complexity index is 410. The molecule has 2 nitrogen and oxygen atoms in total. The van der Waals surface area contributed by atoms with Gasteiger partial charge in [-0.2, -0.15) is 0 Å². The van der Waals surface area contributed by atoms with Crippen LogP contribution in [0, 0.1) is 11.2 Å². The SMILES string of the molecule is CN1C(=O)C(C)(C)CC1c1ccc(F)cc1. The highest BCUT2D eigenvalue weighted by Crippen LogP contribution is 2.42. The summed E-state index contributed by atoms with van der Waals surface area (Å²) in [6.45, 7) is 3.91. The molecule has 0 N–H and O–H groups in total. The van der Waals surface area contributed by atoms with Crippen molar-refractivity contribution in [3.63, 3.8) is 0 Å². The predicted molar refractivity (Wildman–Crippen MR) is 60.3 cm³/mol. The van der Waals surface area contributed by atoms with Crippen molar-refractivity contribution in [2.24, 2.45) is 5.41 Å². The summed E-state index contributed by atoms with van der Waals surface area (Å²) in [4.78, 5) is 13.7. The number of hydrogen-bond donors (Lipinski definition) is 0. The van der Waals surface area contributed by atoms with Crippen LogP contribution >= 0.6 is 0 Å². The van der Waals surface area contributed by atoms with Gasteiger partial charge in [-0.1, -0.05) is 26.0 Å². The predicted octanol–water partition coefficient (Wildman–Crippen LogP) is 2.76. The Labute approximate surface area is 95.1 Å². The third-order valence-electron chi connectivity index (χ3n) is 3.33. The first-order chi connectivity index (χ1) is 7.42. The summed E-state index contributed by atoms with van der Waals surface area (Å²) in [6, 6.07) is 6.47. The molecular formula is C13H16FNO. The number of hydrogen-bond acceptors (Lipinski definition) is 1. The van der Waals surface area contributed by atoms with Gasteiger partial charge in [0.05, 0.1) is 6.04 Å². The molecule has 1 atom stereocenters. The normalized spacial score (nSPS) is 23.9. The lowest BCUT2D eigenvalue weighted by Gasteiger charge is -2.19. The largest absolute Gasteiger partial charge is 0.338 e. The van der Waals surface area contributed by atoms with Crippen LogP contribution in [0.5, 0.6) is 0 Å². The minimum Gasteiger partial charge on any atom is -0.338 e. The van der Waals surface area contributed by atoms with Crippen molar-refractivity contribution in [3.05, 3.63) is 35.6 Å². The van der Waals surface area contributed by atoms with Crippen molar-refractivity contribution in [1.82, 2.24) is 4.90 Å². The Morgan fingerprint density at radius 1 is 1.31 bits per heavy atom. The lowest BCUT2D eigenvalue weighted by molar-refractivity contribution is -0.134. The maximum absolute atomic E-state index is 12.8. The fourth-order valence-corrected chi connectivity index (χ4v) is 2.35. The summed E-state index contributed by atoms with van der Waals surface area (Å²) >= 11 is 0. The molecule has 1 amide bonds. The molecule has 2 rings (SSSR count). The van der Waals surface area contributed by atoms with Crippen molar-refractivity contribution in [2.75, 3.05) is 7.05 Å². The van der Waals surface area contributed by atoms with Gasteiger partial charge in [0.2, 0.25) is 5.91 Å². The molecule has 1 fully saturated rings. The molecule has 0 radical (unpaired) electrons. The molecule has 3 heteroatoms. The Kier molecular flexibility index (Phi) is 2.49. The maximum Gasteiger partial charge on any atom is 0.228 e. The second-order valence-electron chi connectivity index (χ2n) is 5.07. The first-order valence-corrected chi connectivity index (χ1v) is 5.44. The van der Waals surface area contributed by atoms with Crippen LogP contribution in [-0.2, 0) is 4.79 Å². The minimum atomic E-state index is -0.312. The van der Waals surface area contributed by atoms with Gasteiger partial charge >= 0.3 is 0 Å². The van der Waals surface area contributed by atoms with Crippen LogP contribution in [0.3, 0.4) is 0 Å². The fraction of sp³-hybridized carbons (Fsp3) is 0.462. The van der Waals surface area contributed by atoms with Gasteiger partial charge in [0.15, 0.2) is 0 Å². The van der Waals surface area contributed by atoms with Crippen LogP contribution in [0.25, 0.3) is 0 Å². The van der Waals surface area contributed by atoms with E-state index >= 15 is 0 Å². The molecule has 1 unspecified atom stereocenters. The molecule has 16 heavy (non-hydrogen) atoms. The Morgan fingerprint density at radius 2 is 1.88 bits per heavy atom. The number of rotatable bonds is 1. The summed E-state index contributed by atoms with van der Waals surface area (Å²) in [5, 5.41) is 0. The van der Waals surface area contributed by atoms with E-state index in [2.05, 4.69) is 0 Å². The van der Waals surface area contributed by atoms with Crippen LogP contribution < -0.4 is 0 Å². The summed E-state index contributed by atoms with van der Waals surface area (Å²) in [5.74, 6) is -0.0863. The molecule has 1 heterocycles. The third kappa shape index (κ3) is 1.70. The van der Waals surface area contributed by atoms with E-state index in [0.29, 0.717) is 0 Å². The van der Waals surface area contributed by atoms with Crippen LogP contribution in [0.4, 0.5) is 4.39 Å². The summed E-state index contributed by atoms with van der Waals surface area (Å²) in [6.07, 6.45) is 0.786. The van der Waals surface area contributed by atoms with Crippen LogP contribution in [0.1, 0.15) is 31.9 Å². The zero-order chi connectivity index (χ0) is 11.9. The van der Waals surface area contributed by atoms with Crippen LogP contribution in [0.15, 0.2) is 24.3 Å². The number of halogens is 1. The third-order valence-corrected chi connectivity index (χ3v) is 3.33. The van der Waals surface area contributed by atoms with Crippen molar-refractivity contribution >= 4 is 5.91 Å². The second-order valence-corrected chi connectivity index (χ2v) is 5.07. The van der Waals surface area contributed by atoms with E-state index < -0.39 is 0 Å². The fourth-order valence-electron chi connectivity index (χ4n) is 2.35. The highest BCUT2D eigenvalue weighted by atomic mass is 19.1. The molecule has 0 spiro atoms. The van der Waals surface area contributed by atoms with E-state index in [9.17, 15) is 9.18 Å². The summed E-state index contributed by atoms with van der Waals surface area (Å²) in [5.41, 5.74) is 0.691. The average Bonchev–Trinajstić information content (AvgIpc) is 2.44. The number of likely N-dealkylation sites (tertiary alicyclic amines) is 1. The van der Waals surface area contributed by atoms with E-state index in [1.807, 2.05) is 20.9 Å². The van der Waals surface area contributed by atoms with E-state index in [1.165, 1.54) is 12.1 Å². The highest BCUT2D eigenvalue weighted by Gasteiger charge is 2.43. The zero-order valence-corrected chi connectivity index (χ0v) is 9.83. The van der Waals surface area contributed by atoms with Gasteiger partial charge in [0.1, 0.15) is 5.82 Å². The van der Waals surface area contributed by atoms with Crippen LogP contribution in [0.2, 0.25) is 0 Å². The standard InChI is InChI=1S/C13H16FNO/c1-13(2)8-11(15(3)12(13)16)9-4-6-10(14)7-5-9/h4-7,11H,8H2,1-3H3. The molecular weight excluding hydrogens is 205 g/mol. The molecule has 1 aromatic rings. The summed E-state index contributed by atoms with van der Waals surface area (Å²) < 4.78 is 12.8. The first-order valence-electron chi connectivity index (χ1n) is 5.44. The van der Waals surface area contributed by atoms with Gasteiger partial charge in [-0.25, -0.2) is 4.39 Å². The number of carbonyl (C=O) groups is 1. The van der Waals surface area contributed by atoms with Gasteiger partial charge in [0, 0.05) is 12.5 Å². The lowest BCUT2D eigenvalue weighted by atomic mass is 9.88. The van der Waals surface area contributed by atoms with E-state index in [1.54, 1.807) is 17.0 Å². The molecule has 0 aliphatic carbocycles. The molecule has 1 aromatic carbocycles. The van der Waals surface area contributed by atoms with Gasteiger partial charge < -0.3 is 4.90 Å². The zero-order valence-electron chi connectivity index (χ0n) is 9.83. The molecule has 86 valence electrons. The summed E-state index contributed by atoms with van der Waals surface area (Å²) in [7, 11) is 1.81. The van der Waals surface area contributed by atoms with E-state index in [-0.39, 0.29) is 23.2 Å². The quantitative estimate of drug-likeness (QED) is 0.714. The lowest BCUT2D eigenvalue weighted by Crippen LogP contribution is -2.28. The van der Waals surface area contributed by atoms with E-state index in [0.717, 1.165) is 12.0 Å². The number of nitrogens with zero attached hydrogens (tertiary/aromatic N) is 1. The Balaban J connectivity index is 2.30. The van der Waals surface area contributed by atoms with E-state index in [4.69, 9.17) is 0 Å². The van der Waals surface area contributed by atoms with Gasteiger partial charge in [-0.05, 0) is 24.1 Å². The molecule has 1 saturated heterocycles. The number of carbonyl (C=O) groups excluding carboxylic acids is 1. The monoisotopic (exact) mass is 221 g/mol. The van der Waals surface area contributed by atoms with Gasteiger partial charge in [-0.15, -0.1) is 0 Å². The molecule has 1 aliphatic heterocycles.